The first-order valence-corrected chi connectivity index (χ1v) is 6.84. The minimum atomic E-state index is -0.0453. The number of hydrogen-bond acceptors (Lipinski definition) is 4. The third-order valence-corrected chi connectivity index (χ3v) is 3.73. The van der Waals surface area contributed by atoms with Crippen molar-refractivity contribution in [1.29, 1.82) is 0 Å². The highest BCUT2D eigenvalue weighted by molar-refractivity contribution is 7.07. The molecular formula is C14H18N2OS. The van der Waals surface area contributed by atoms with Gasteiger partial charge in [-0.2, -0.15) is 11.3 Å². The molecule has 2 unspecified atom stereocenters. The molecular weight excluding hydrogens is 244 g/mol. The number of benzene rings is 1. The molecule has 1 aromatic carbocycles. The number of nitrogens with one attached hydrogen (secondary N) is 1. The Morgan fingerprint density at radius 2 is 2.06 bits per heavy atom. The molecule has 0 aliphatic rings. The second kappa shape index (κ2) is 6.66. The van der Waals surface area contributed by atoms with E-state index in [-0.39, 0.29) is 12.1 Å². The molecule has 3 N–H and O–H groups in total. The van der Waals surface area contributed by atoms with Crippen LogP contribution in [0.3, 0.4) is 0 Å². The Morgan fingerprint density at radius 1 is 1.28 bits per heavy atom. The first-order chi connectivity index (χ1) is 8.85. The molecule has 0 saturated carbocycles. The van der Waals surface area contributed by atoms with Crippen molar-refractivity contribution in [3.63, 3.8) is 0 Å². The van der Waals surface area contributed by atoms with Crippen LogP contribution >= 0.6 is 11.3 Å². The largest absolute Gasteiger partial charge is 0.375 e. The van der Waals surface area contributed by atoms with E-state index in [1.54, 1.807) is 18.4 Å². The number of ether oxygens (including phenoxy) is 1. The minimum absolute atomic E-state index is 0.0453. The molecule has 0 saturated heterocycles. The van der Waals surface area contributed by atoms with E-state index in [0.717, 1.165) is 12.0 Å². The standard InChI is InChI=1S/C14H18N2OS/c1-17-14(12-5-3-2-4-6-12)13(16-15)9-11-7-8-18-10-11/h2-8,10,13-14,16H,9,15H2,1H3. The number of hydrazine groups is 1. The van der Waals surface area contributed by atoms with Gasteiger partial charge in [0.2, 0.25) is 0 Å². The lowest BCUT2D eigenvalue weighted by atomic mass is 9.98. The lowest BCUT2D eigenvalue weighted by Gasteiger charge is -2.25. The van der Waals surface area contributed by atoms with Crippen LogP contribution in [-0.4, -0.2) is 13.2 Å². The fraction of sp³-hybridized carbons (Fsp3) is 0.286. The molecule has 2 aromatic rings. The Hall–Kier alpha value is -1.20. The van der Waals surface area contributed by atoms with E-state index in [4.69, 9.17) is 10.6 Å². The number of rotatable bonds is 6. The Balaban J connectivity index is 2.14. The predicted molar refractivity (Wildman–Crippen MR) is 75.3 cm³/mol. The molecule has 96 valence electrons. The van der Waals surface area contributed by atoms with Gasteiger partial charge in [0, 0.05) is 7.11 Å². The van der Waals surface area contributed by atoms with Gasteiger partial charge in [0.05, 0.1) is 12.1 Å². The normalized spacial score (nSPS) is 14.3. The first kappa shape index (κ1) is 13.2. The van der Waals surface area contributed by atoms with Crippen LogP contribution < -0.4 is 11.3 Å². The average Bonchev–Trinajstić information content (AvgIpc) is 2.92. The second-order valence-corrected chi connectivity index (χ2v) is 4.96. The van der Waals surface area contributed by atoms with Crippen molar-refractivity contribution in [2.24, 2.45) is 5.84 Å². The summed E-state index contributed by atoms with van der Waals surface area (Å²) in [5.74, 6) is 5.68. The van der Waals surface area contributed by atoms with E-state index >= 15 is 0 Å². The van der Waals surface area contributed by atoms with Crippen LogP contribution in [0.1, 0.15) is 17.2 Å². The van der Waals surface area contributed by atoms with Crippen molar-refractivity contribution in [2.45, 2.75) is 18.6 Å². The zero-order valence-corrected chi connectivity index (χ0v) is 11.2. The summed E-state index contributed by atoms with van der Waals surface area (Å²) in [6.07, 6.45) is 0.809. The maximum Gasteiger partial charge on any atom is 0.0990 e. The van der Waals surface area contributed by atoms with Gasteiger partial charge in [0.15, 0.2) is 0 Å². The zero-order valence-electron chi connectivity index (χ0n) is 10.4. The monoisotopic (exact) mass is 262 g/mol. The topological polar surface area (TPSA) is 47.3 Å². The molecule has 2 atom stereocenters. The van der Waals surface area contributed by atoms with E-state index in [2.05, 4.69) is 34.4 Å². The fourth-order valence-electron chi connectivity index (χ4n) is 2.09. The molecule has 0 amide bonds. The van der Waals surface area contributed by atoms with Crippen molar-refractivity contribution >= 4 is 11.3 Å². The Kier molecular flexibility index (Phi) is 4.90. The summed E-state index contributed by atoms with van der Waals surface area (Å²) in [6, 6.07) is 12.3. The van der Waals surface area contributed by atoms with Crippen LogP contribution in [0.5, 0.6) is 0 Å². The van der Waals surface area contributed by atoms with Gasteiger partial charge in [-0.1, -0.05) is 30.3 Å². The van der Waals surface area contributed by atoms with Crippen LogP contribution in [0.15, 0.2) is 47.2 Å². The van der Waals surface area contributed by atoms with E-state index in [0.29, 0.717) is 0 Å². The van der Waals surface area contributed by atoms with Crippen molar-refractivity contribution in [3.8, 4) is 0 Å². The van der Waals surface area contributed by atoms with Crippen LogP contribution in [0.2, 0.25) is 0 Å². The summed E-state index contributed by atoms with van der Waals surface area (Å²) in [4.78, 5) is 0. The molecule has 0 aliphatic heterocycles. The summed E-state index contributed by atoms with van der Waals surface area (Å²) in [5.41, 5.74) is 5.29. The lowest BCUT2D eigenvalue weighted by molar-refractivity contribution is 0.0679. The van der Waals surface area contributed by atoms with E-state index in [1.807, 2.05) is 18.2 Å². The quantitative estimate of drug-likeness (QED) is 0.621. The van der Waals surface area contributed by atoms with Crippen molar-refractivity contribution < 1.29 is 4.74 Å². The lowest BCUT2D eigenvalue weighted by Crippen LogP contribution is -2.42. The smallest absolute Gasteiger partial charge is 0.0990 e. The summed E-state index contributed by atoms with van der Waals surface area (Å²) in [5, 5.41) is 4.22. The minimum Gasteiger partial charge on any atom is -0.375 e. The van der Waals surface area contributed by atoms with Gasteiger partial charge in [0.25, 0.3) is 0 Å². The fourth-order valence-corrected chi connectivity index (χ4v) is 2.77. The van der Waals surface area contributed by atoms with Gasteiger partial charge in [0.1, 0.15) is 0 Å². The van der Waals surface area contributed by atoms with Crippen molar-refractivity contribution in [2.75, 3.05) is 7.11 Å². The third-order valence-electron chi connectivity index (χ3n) is 3.00. The molecule has 3 nitrogen and oxygen atoms in total. The Morgan fingerprint density at radius 3 is 2.61 bits per heavy atom. The zero-order chi connectivity index (χ0) is 12.8. The van der Waals surface area contributed by atoms with Gasteiger partial charge < -0.3 is 4.74 Å². The third kappa shape index (κ3) is 3.17. The van der Waals surface area contributed by atoms with Gasteiger partial charge in [-0.3, -0.25) is 11.3 Å². The Labute approximate surface area is 112 Å². The molecule has 0 aliphatic carbocycles. The number of methoxy groups -OCH3 is 1. The maximum atomic E-state index is 5.68. The molecule has 0 fully saturated rings. The van der Waals surface area contributed by atoms with Crippen LogP contribution in [0.25, 0.3) is 0 Å². The van der Waals surface area contributed by atoms with E-state index in [1.165, 1.54) is 5.56 Å². The highest BCUT2D eigenvalue weighted by Gasteiger charge is 2.22. The summed E-state index contributed by atoms with van der Waals surface area (Å²) >= 11 is 1.70. The van der Waals surface area contributed by atoms with Gasteiger partial charge in [-0.05, 0) is 34.4 Å². The molecule has 0 spiro atoms. The summed E-state index contributed by atoms with van der Waals surface area (Å²) in [6.45, 7) is 0. The summed E-state index contributed by atoms with van der Waals surface area (Å²) in [7, 11) is 1.72. The average molecular weight is 262 g/mol. The highest BCUT2D eigenvalue weighted by atomic mass is 32.1. The molecule has 4 heteroatoms. The van der Waals surface area contributed by atoms with E-state index < -0.39 is 0 Å². The van der Waals surface area contributed by atoms with Crippen molar-refractivity contribution in [3.05, 3.63) is 58.3 Å². The van der Waals surface area contributed by atoms with Crippen LogP contribution in [-0.2, 0) is 11.2 Å². The summed E-state index contributed by atoms with van der Waals surface area (Å²) < 4.78 is 5.60. The molecule has 0 bridgehead atoms. The van der Waals surface area contributed by atoms with Crippen LogP contribution in [0.4, 0.5) is 0 Å². The molecule has 18 heavy (non-hydrogen) atoms. The molecule has 0 radical (unpaired) electrons. The predicted octanol–water partition coefficient (Wildman–Crippen LogP) is 2.51. The second-order valence-electron chi connectivity index (χ2n) is 4.18. The van der Waals surface area contributed by atoms with Gasteiger partial charge >= 0.3 is 0 Å². The first-order valence-electron chi connectivity index (χ1n) is 5.90. The number of hydrogen-bond donors (Lipinski definition) is 2. The van der Waals surface area contributed by atoms with Crippen LogP contribution in [0, 0.1) is 0 Å². The van der Waals surface area contributed by atoms with Crippen molar-refractivity contribution in [1.82, 2.24) is 5.43 Å². The molecule has 2 rings (SSSR count). The molecule has 1 heterocycles. The number of nitrogens with two attached hydrogens (primary N) is 1. The van der Waals surface area contributed by atoms with Gasteiger partial charge in [-0.25, -0.2) is 0 Å². The SMILES string of the molecule is COC(c1ccccc1)C(Cc1ccsc1)NN. The number of thiophene rings is 1. The highest BCUT2D eigenvalue weighted by Crippen LogP contribution is 2.23. The Bertz CT molecular complexity index is 444. The van der Waals surface area contributed by atoms with E-state index in [9.17, 15) is 0 Å². The van der Waals surface area contributed by atoms with Gasteiger partial charge in [-0.15, -0.1) is 0 Å². The maximum absolute atomic E-state index is 5.68. The molecule has 1 aromatic heterocycles.